The van der Waals surface area contributed by atoms with E-state index in [0.717, 1.165) is 61.7 Å². The highest BCUT2D eigenvalue weighted by Crippen LogP contribution is 2.65. The van der Waals surface area contributed by atoms with Crippen molar-refractivity contribution in [1.82, 2.24) is 24.9 Å². The van der Waals surface area contributed by atoms with Gasteiger partial charge in [-0.3, -0.25) is 24.9 Å². The Labute approximate surface area is 749 Å². The maximum atomic E-state index is 5.90. The van der Waals surface area contributed by atoms with Gasteiger partial charge < -0.3 is 4.42 Å². The van der Waals surface area contributed by atoms with Crippen LogP contribution < -0.4 is 0 Å². The van der Waals surface area contributed by atoms with Gasteiger partial charge in [0.05, 0.1) is 39.3 Å². The van der Waals surface area contributed by atoms with Gasteiger partial charge in [-0.2, -0.15) is 0 Å². The lowest BCUT2D eigenvalue weighted by molar-refractivity contribution is 0.660. The molecule has 5 aliphatic carbocycles. The van der Waals surface area contributed by atoms with Crippen molar-refractivity contribution in [2.45, 2.75) is 84.0 Å². The third-order valence-corrected chi connectivity index (χ3v) is 27.4. The van der Waals surface area contributed by atoms with Gasteiger partial charge in [-0.05, 0) is 288 Å². The Morgan fingerprint density at radius 3 is 1.05 bits per heavy atom. The lowest BCUT2D eigenvalue weighted by Gasteiger charge is -2.34. The summed E-state index contributed by atoms with van der Waals surface area (Å²) in [6, 6.07) is 136. The van der Waals surface area contributed by atoms with Gasteiger partial charge in [0.1, 0.15) is 11.2 Å². The molecule has 14 aromatic carbocycles. The SMILES string of the molecule is Cc1ccc(-c2ccccn2)c2c1-c1ccccc1C2(C)C.Cc1cccc2c1-c1ccc(-c3ccccn3)cc1C2(C)C.Cc1cccc2c1-c1ccc(-c3ccccn3)cc1C2(c1ccccc1)c1ccccc1.Cc1cccc2c1-c1ccc(-c3ccccn3)cc1C21c2ccccc2-c2ccccc21.Cc1cccc2oc3ccc(-c4ccccn4)cc3c12. The third kappa shape index (κ3) is 13.1. The van der Waals surface area contributed by atoms with Crippen LogP contribution in [0.5, 0.6) is 0 Å². The minimum atomic E-state index is -0.371. The summed E-state index contributed by atoms with van der Waals surface area (Å²) in [5.41, 5.74) is 48.8. The van der Waals surface area contributed by atoms with Crippen LogP contribution in [0.1, 0.15) is 122 Å². The Hall–Kier alpha value is -15.4. The Balaban J connectivity index is 0.0000000986. The van der Waals surface area contributed by atoms with E-state index in [-0.39, 0.29) is 21.7 Å². The van der Waals surface area contributed by atoms with Crippen LogP contribution in [0.3, 0.4) is 0 Å². The van der Waals surface area contributed by atoms with Crippen LogP contribution in [0.15, 0.2) is 418 Å². The highest BCUT2D eigenvalue weighted by molar-refractivity contribution is 6.08. The summed E-state index contributed by atoms with van der Waals surface area (Å²) in [5.74, 6) is 0. The molecule has 0 aliphatic heterocycles. The number of aromatic nitrogens is 5. The molecule has 0 fully saturated rings. The molecule has 0 radical (unpaired) electrons. The highest BCUT2D eigenvalue weighted by Gasteiger charge is 2.53. The Morgan fingerprint density at radius 2 is 0.562 bits per heavy atom. The molecule has 0 atom stereocenters. The second-order valence-corrected chi connectivity index (χ2v) is 35.4. The summed E-state index contributed by atoms with van der Waals surface area (Å²) in [6.07, 6.45) is 9.28. The van der Waals surface area contributed by atoms with E-state index in [1.807, 2.05) is 97.7 Å². The van der Waals surface area contributed by atoms with E-state index in [1.54, 1.807) is 0 Å². The number of hydrogen-bond donors (Lipinski definition) is 0. The normalized spacial score (nSPS) is 13.6. The summed E-state index contributed by atoms with van der Waals surface area (Å²) in [7, 11) is 0. The largest absolute Gasteiger partial charge is 0.456 e. The molecule has 6 heterocycles. The average Bonchev–Trinajstić information content (AvgIpc) is 1.51. The first kappa shape index (κ1) is 79.8. The fraction of sp³-hybridized carbons (Fsp3) is 0.107. The molecule has 25 rings (SSSR count). The molecule has 6 aromatic heterocycles. The predicted octanol–water partition coefficient (Wildman–Crippen LogP) is 30.5. The topological polar surface area (TPSA) is 77.6 Å². The minimum Gasteiger partial charge on any atom is -0.456 e. The molecule has 20 aromatic rings. The number of rotatable bonds is 7. The first-order valence-corrected chi connectivity index (χ1v) is 44.4. The molecule has 6 heteroatoms. The molecule has 0 unspecified atom stereocenters. The lowest BCUT2D eigenvalue weighted by Crippen LogP contribution is -2.28. The van der Waals surface area contributed by atoms with Crippen LogP contribution >= 0.6 is 0 Å². The fourth-order valence-electron chi connectivity index (χ4n) is 21.7. The van der Waals surface area contributed by atoms with Crippen molar-refractivity contribution < 1.29 is 4.42 Å². The van der Waals surface area contributed by atoms with Crippen molar-refractivity contribution in [3.63, 3.8) is 0 Å². The van der Waals surface area contributed by atoms with E-state index >= 15 is 0 Å². The van der Waals surface area contributed by atoms with Crippen LogP contribution in [-0.4, -0.2) is 24.9 Å². The van der Waals surface area contributed by atoms with Crippen LogP contribution in [0, 0.1) is 34.6 Å². The number of furan rings is 1. The van der Waals surface area contributed by atoms with Gasteiger partial charge in [0, 0.05) is 80.4 Å². The van der Waals surface area contributed by atoms with Gasteiger partial charge in [0.2, 0.25) is 0 Å². The van der Waals surface area contributed by atoms with Crippen molar-refractivity contribution in [2.24, 2.45) is 0 Å². The molecule has 1 spiro atoms. The second kappa shape index (κ2) is 32.3. The fourth-order valence-corrected chi connectivity index (χ4v) is 21.7. The Kier molecular flexibility index (Phi) is 20.1. The van der Waals surface area contributed by atoms with Crippen molar-refractivity contribution in [3.05, 3.63) is 508 Å². The molecule has 6 nitrogen and oxygen atoms in total. The molecule has 5 aliphatic rings. The first-order valence-electron chi connectivity index (χ1n) is 44.4. The van der Waals surface area contributed by atoms with Crippen LogP contribution in [-0.2, 0) is 21.7 Å². The molecular weight excluding hydrogens is 1550 g/mol. The van der Waals surface area contributed by atoms with E-state index in [0.29, 0.717) is 0 Å². The van der Waals surface area contributed by atoms with Crippen LogP contribution in [0.4, 0.5) is 0 Å². The zero-order valence-corrected chi connectivity index (χ0v) is 73.4. The monoisotopic (exact) mass is 1650 g/mol. The van der Waals surface area contributed by atoms with Crippen LogP contribution in [0.25, 0.3) is 134 Å². The first-order chi connectivity index (χ1) is 62.6. The second-order valence-electron chi connectivity index (χ2n) is 35.4. The number of hydrogen-bond acceptors (Lipinski definition) is 6. The Morgan fingerprint density at radius 1 is 0.211 bits per heavy atom. The number of pyridine rings is 5. The molecule has 614 valence electrons. The summed E-state index contributed by atoms with van der Waals surface area (Å²) in [5, 5.41) is 2.35. The molecule has 0 saturated heterocycles. The smallest absolute Gasteiger partial charge is 0.135 e. The van der Waals surface area contributed by atoms with Crippen molar-refractivity contribution in [2.75, 3.05) is 0 Å². The number of aryl methyl sites for hydroxylation is 5. The number of fused-ring (bicyclic) bond motifs is 22. The lowest BCUT2D eigenvalue weighted by atomic mass is 9.67. The third-order valence-electron chi connectivity index (χ3n) is 27.4. The van der Waals surface area contributed by atoms with Crippen molar-refractivity contribution >= 4 is 21.9 Å². The minimum absolute atomic E-state index is 0.00476. The van der Waals surface area contributed by atoms with Gasteiger partial charge in [0.15, 0.2) is 0 Å². The van der Waals surface area contributed by atoms with Crippen molar-refractivity contribution in [1.29, 1.82) is 0 Å². The molecule has 0 bridgehead atoms. The molecule has 0 saturated carbocycles. The summed E-state index contributed by atoms with van der Waals surface area (Å²) >= 11 is 0. The van der Waals surface area contributed by atoms with Gasteiger partial charge in [-0.25, -0.2) is 0 Å². The van der Waals surface area contributed by atoms with E-state index < -0.39 is 0 Å². The van der Waals surface area contributed by atoms with Gasteiger partial charge in [-0.15, -0.1) is 0 Å². The van der Waals surface area contributed by atoms with Crippen LogP contribution in [0.2, 0.25) is 0 Å². The zero-order valence-electron chi connectivity index (χ0n) is 73.4. The zero-order chi connectivity index (χ0) is 87.0. The van der Waals surface area contributed by atoms with Crippen molar-refractivity contribution in [3.8, 4) is 112 Å². The summed E-state index contributed by atoms with van der Waals surface area (Å²) < 4.78 is 5.90. The Bertz CT molecular complexity index is 7420. The van der Waals surface area contributed by atoms with Gasteiger partial charge in [-0.1, -0.05) is 307 Å². The van der Waals surface area contributed by atoms with E-state index in [9.17, 15) is 0 Å². The quantitative estimate of drug-likeness (QED) is 0.158. The molecule has 0 N–H and O–H groups in total. The average molecular weight is 1650 g/mol. The van der Waals surface area contributed by atoms with E-state index in [2.05, 4.69) is 403 Å². The summed E-state index contributed by atoms with van der Waals surface area (Å²) in [4.78, 5) is 22.8. The van der Waals surface area contributed by atoms with E-state index in [1.165, 1.54) is 167 Å². The van der Waals surface area contributed by atoms with Gasteiger partial charge in [0.25, 0.3) is 0 Å². The number of benzene rings is 14. The number of nitrogens with zero attached hydrogens (tertiary/aromatic N) is 5. The molecular formula is C122H95N5O. The van der Waals surface area contributed by atoms with E-state index in [4.69, 9.17) is 4.42 Å². The molecule has 0 amide bonds. The highest BCUT2D eigenvalue weighted by atomic mass is 16.3. The van der Waals surface area contributed by atoms with Gasteiger partial charge >= 0.3 is 0 Å². The maximum Gasteiger partial charge on any atom is 0.135 e. The maximum absolute atomic E-state index is 5.90. The standard InChI is InChI=1S/C31H21N.C31H23N.2C21H19N.C18H13NO/c1-20-9-8-14-27-30(20)24-17-16-21(29-15-6-7-18-32-29)19-28(24)31(27)25-12-4-2-10-22(25)23-11-3-5-13-26(23)31;1-22-11-10-16-27-30(22)26-19-18-23(29-17-8-9-20-32-29)21-28(26)31(27,24-12-4-2-5-13-24)25-14-6-3-7-15-25;1-14-7-6-8-17-20(14)16-11-10-15(13-18(16)21(17,2)3)19-9-4-5-12-22-19;1-14-11-12-16(18-10-6-7-13-22-18)20-19(14)15-8-4-5-9-17(15)21(20,2)3;1-12-5-4-7-17-18(12)14-11-13(8-9-16(14)20-17)15-6-2-3-10-19-15/h2-19H,1H3;2-21H,1H3;2*4-13H,1-3H3;2-11H,1H3. The summed E-state index contributed by atoms with van der Waals surface area (Å²) in [6.45, 7) is 20.3. The molecule has 128 heavy (non-hydrogen) atoms. The predicted molar refractivity (Wildman–Crippen MR) is 528 cm³/mol.